The van der Waals surface area contributed by atoms with Crippen LogP contribution in [0.5, 0.6) is 5.75 Å². The minimum absolute atomic E-state index is 0.140. The van der Waals surface area contributed by atoms with E-state index in [4.69, 9.17) is 4.74 Å². The van der Waals surface area contributed by atoms with Crippen molar-refractivity contribution in [3.05, 3.63) is 65.1 Å². The lowest BCUT2D eigenvalue weighted by Gasteiger charge is -2.08. The lowest BCUT2D eigenvalue weighted by Crippen LogP contribution is -2.23. The Bertz CT molecular complexity index is 970. The Labute approximate surface area is 165 Å². The van der Waals surface area contributed by atoms with Crippen LogP contribution in [0.15, 0.2) is 64.5 Å². The van der Waals surface area contributed by atoms with E-state index in [-0.39, 0.29) is 23.6 Å². The summed E-state index contributed by atoms with van der Waals surface area (Å²) in [6.07, 6.45) is 1.65. The van der Waals surface area contributed by atoms with Crippen molar-refractivity contribution >= 4 is 46.4 Å². The van der Waals surface area contributed by atoms with Gasteiger partial charge in [-0.1, -0.05) is 30.3 Å². The van der Waals surface area contributed by atoms with Crippen LogP contribution in [0.2, 0.25) is 0 Å². The summed E-state index contributed by atoms with van der Waals surface area (Å²) in [5, 5.41) is 5.49. The van der Waals surface area contributed by atoms with Gasteiger partial charge in [0.25, 0.3) is 11.8 Å². The Kier molecular flexibility index (Phi) is 6.23. The van der Waals surface area contributed by atoms with Gasteiger partial charge in [-0.15, -0.1) is 0 Å². The molecule has 142 valence electrons. The first-order chi connectivity index (χ1) is 13.5. The molecule has 7 nitrogen and oxygen atoms in total. The number of hydrogen-bond acceptors (Lipinski definition) is 5. The van der Waals surface area contributed by atoms with Crippen molar-refractivity contribution in [2.24, 2.45) is 4.99 Å². The number of rotatable bonds is 5. The quantitative estimate of drug-likeness (QED) is 0.759. The molecular formula is C20H17N3O4S. The third kappa shape index (κ3) is 5.55. The van der Waals surface area contributed by atoms with Crippen LogP contribution < -0.4 is 15.4 Å². The monoisotopic (exact) mass is 395 g/mol. The maximum absolute atomic E-state index is 12.0. The molecule has 0 spiro atoms. The van der Waals surface area contributed by atoms with E-state index in [1.54, 1.807) is 42.5 Å². The van der Waals surface area contributed by atoms with Crippen molar-refractivity contribution < 1.29 is 19.1 Å². The highest BCUT2D eigenvalue weighted by Gasteiger charge is 2.22. The lowest BCUT2D eigenvalue weighted by molar-refractivity contribution is -0.118. The number of benzene rings is 2. The molecule has 0 atom stereocenters. The van der Waals surface area contributed by atoms with Crippen LogP contribution in [0.1, 0.15) is 12.5 Å². The number of aliphatic imine (C=N–C) groups is 1. The smallest absolute Gasteiger partial charge is 0.286 e. The fourth-order valence-corrected chi connectivity index (χ4v) is 3.19. The molecule has 2 aromatic carbocycles. The van der Waals surface area contributed by atoms with Crippen molar-refractivity contribution in [3.63, 3.8) is 0 Å². The highest BCUT2D eigenvalue weighted by Crippen LogP contribution is 2.28. The predicted molar refractivity (Wildman–Crippen MR) is 109 cm³/mol. The van der Waals surface area contributed by atoms with Crippen molar-refractivity contribution in [3.8, 4) is 5.75 Å². The Morgan fingerprint density at radius 3 is 2.64 bits per heavy atom. The van der Waals surface area contributed by atoms with Crippen LogP contribution in [-0.4, -0.2) is 29.5 Å². The molecule has 3 rings (SSSR count). The molecule has 1 aliphatic heterocycles. The molecule has 28 heavy (non-hydrogen) atoms. The van der Waals surface area contributed by atoms with E-state index in [1.165, 1.54) is 6.92 Å². The van der Waals surface area contributed by atoms with Crippen LogP contribution in [0.25, 0.3) is 6.08 Å². The largest absolute Gasteiger partial charge is 0.484 e. The second-order valence-corrected chi connectivity index (χ2v) is 6.82. The van der Waals surface area contributed by atoms with E-state index >= 15 is 0 Å². The van der Waals surface area contributed by atoms with Crippen LogP contribution in [0, 0.1) is 0 Å². The average molecular weight is 395 g/mol. The zero-order valence-electron chi connectivity index (χ0n) is 15.0. The molecule has 8 heteroatoms. The maximum Gasteiger partial charge on any atom is 0.286 e. The zero-order chi connectivity index (χ0) is 19.9. The number of para-hydroxylation sites is 1. The summed E-state index contributed by atoms with van der Waals surface area (Å²) in [5.41, 5.74) is 1.41. The number of thioether (sulfide) groups is 1. The summed E-state index contributed by atoms with van der Waals surface area (Å²) >= 11 is 1.09. The fraction of sp³-hybridized carbons (Fsp3) is 0.100. The standard InChI is InChI=1S/C20H17N3O4S/c1-13(24)21-20-23-19(26)17(28-20)11-14-6-5-9-16(10-14)27-12-18(25)22-15-7-3-2-4-8-15/h2-11H,12H2,1H3,(H,22,25)(H,21,23,24,26)/b17-11-. The second-order valence-electron chi connectivity index (χ2n) is 5.79. The van der Waals surface area contributed by atoms with E-state index in [0.717, 1.165) is 17.3 Å². The summed E-state index contributed by atoms with van der Waals surface area (Å²) < 4.78 is 5.53. The molecule has 0 bridgehead atoms. The number of nitrogens with zero attached hydrogens (tertiary/aromatic N) is 1. The molecule has 0 saturated carbocycles. The fourth-order valence-electron chi connectivity index (χ4n) is 2.33. The summed E-state index contributed by atoms with van der Waals surface area (Å²) in [5.74, 6) is -0.479. The molecule has 0 saturated heterocycles. The SMILES string of the molecule is CC(=O)NC1=NC(=O)/C(=C/c2cccc(OCC(=O)Nc3ccccc3)c2)S1. The Morgan fingerprint density at radius 2 is 1.89 bits per heavy atom. The molecule has 2 N–H and O–H groups in total. The number of hydrogen-bond donors (Lipinski definition) is 2. The highest BCUT2D eigenvalue weighted by atomic mass is 32.2. The van der Waals surface area contributed by atoms with E-state index in [9.17, 15) is 14.4 Å². The van der Waals surface area contributed by atoms with Crippen molar-refractivity contribution in [1.82, 2.24) is 5.32 Å². The minimum atomic E-state index is -0.415. The molecule has 0 aliphatic carbocycles. The molecule has 0 aromatic heterocycles. The number of carbonyl (C=O) groups is 3. The summed E-state index contributed by atoms with van der Waals surface area (Å²) in [4.78, 5) is 39.2. The first kappa shape index (κ1) is 19.4. The molecule has 1 heterocycles. The highest BCUT2D eigenvalue weighted by molar-refractivity contribution is 8.18. The van der Waals surface area contributed by atoms with E-state index in [2.05, 4.69) is 15.6 Å². The zero-order valence-corrected chi connectivity index (χ0v) is 15.8. The number of carbonyl (C=O) groups excluding carboxylic acids is 3. The van der Waals surface area contributed by atoms with Crippen LogP contribution in [-0.2, 0) is 14.4 Å². The summed E-state index contributed by atoms with van der Waals surface area (Å²) in [6.45, 7) is 1.21. The van der Waals surface area contributed by atoms with Crippen LogP contribution in [0.3, 0.4) is 0 Å². The third-order valence-corrected chi connectivity index (χ3v) is 4.39. The number of anilines is 1. The number of nitrogens with one attached hydrogen (secondary N) is 2. The first-order valence-electron chi connectivity index (χ1n) is 8.37. The summed E-state index contributed by atoms with van der Waals surface area (Å²) in [7, 11) is 0. The van der Waals surface area contributed by atoms with Crippen molar-refractivity contribution in [1.29, 1.82) is 0 Å². The van der Waals surface area contributed by atoms with Gasteiger partial charge < -0.3 is 15.4 Å². The molecule has 0 radical (unpaired) electrons. The number of amidine groups is 1. The molecular weight excluding hydrogens is 378 g/mol. The Hall–Kier alpha value is -3.39. The first-order valence-corrected chi connectivity index (χ1v) is 9.19. The third-order valence-electron chi connectivity index (χ3n) is 3.49. The predicted octanol–water partition coefficient (Wildman–Crippen LogP) is 2.81. The normalized spacial score (nSPS) is 14.5. The minimum Gasteiger partial charge on any atom is -0.484 e. The van der Waals surface area contributed by atoms with Crippen molar-refractivity contribution in [2.45, 2.75) is 6.92 Å². The second kappa shape index (κ2) is 9.01. The van der Waals surface area contributed by atoms with Crippen LogP contribution >= 0.6 is 11.8 Å². The van der Waals surface area contributed by atoms with E-state index in [1.807, 2.05) is 18.2 Å². The van der Waals surface area contributed by atoms with Gasteiger partial charge in [0, 0.05) is 12.6 Å². The van der Waals surface area contributed by atoms with Gasteiger partial charge in [-0.2, -0.15) is 4.99 Å². The molecule has 1 aliphatic rings. The Morgan fingerprint density at radius 1 is 1.11 bits per heavy atom. The van der Waals surface area contributed by atoms with Gasteiger partial charge in [0.15, 0.2) is 11.8 Å². The molecule has 3 amide bonds. The number of ether oxygens (including phenoxy) is 1. The van der Waals surface area contributed by atoms with Gasteiger partial charge >= 0.3 is 0 Å². The van der Waals surface area contributed by atoms with E-state index in [0.29, 0.717) is 16.3 Å². The van der Waals surface area contributed by atoms with Gasteiger partial charge in [0.05, 0.1) is 4.91 Å². The van der Waals surface area contributed by atoms with Crippen molar-refractivity contribution in [2.75, 3.05) is 11.9 Å². The molecule has 0 fully saturated rings. The molecule has 0 unspecified atom stereocenters. The van der Waals surface area contributed by atoms with Gasteiger partial charge in [0.2, 0.25) is 5.91 Å². The number of amides is 3. The van der Waals surface area contributed by atoms with Gasteiger partial charge in [0.1, 0.15) is 5.75 Å². The van der Waals surface area contributed by atoms with Gasteiger partial charge in [-0.3, -0.25) is 14.4 Å². The molecule has 2 aromatic rings. The van der Waals surface area contributed by atoms with Gasteiger partial charge in [-0.25, -0.2) is 0 Å². The Balaban J connectivity index is 1.59. The van der Waals surface area contributed by atoms with Crippen LogP contribution in [0.4, 0.5) is 5.69 Å². The topological polar surface area (TPSA) is 96.9 Å². The van der Waals surface area contributed by atoms with E-state index < -0.39 is 5.91 Å². The summed E-state index contributed by atoms with van der Waals surface area (Å²) in [6, 6.07) is 16.1. The lowest BCUT2D eigenvalue weighted by atomic mass is 10.2. The van der Waals surface area contributed by atoms with Gasteiger partial charge in [-0.05, 0) is 47.7 Å². The average Bonchev–Trinajstić information content (AvgIpc) is 2.99. The maximum atomic E-state index is 12.0.